The van der Waals surface area contributed by atoms with E-state index in [-0.39, 0.29) is 18.6 Å². The largest absolute Gasteiger partial charge is 0.455 e. The Bertz CT molecular complexity index is 798. The van der Waals surface area contributed by atoms with Gasteiger partial charge in [0.15, 0.2) is 5.76 Å². The second-order valence-electron chi connectivity index (χ2n) is 8.17. The van der Waals surface area contributed by atoms with Gasteiger partial charge in [-0.15, -0.1) is 0 Å². The van der Waals surface area contributed by atoms with Crippen LogP contribution in [-0.4, -0.2) is 59.8 Å². The Morgan fingerprint density at radius 2 is 1.86 bits per heavy atom. The van der Waals surface area contributed by atoms with E-state index in [0.29, 0.717) is 18.9 Å². The van der Waals surface area contributed by atoms with Crippen molar-refractivity contribution in [2.24, 2.45) is 5.92 Å². The average Bonchev–Trinajstić information content (AvgIpc) is 3.23. The molecule has 6 heteroatoms. The van der Waals surface area contributed by atoms with Crippen LogP contribution in [0.2, 0.25) is 0 Å². The standard InChI is InChI=1S/C23H30N2O4/c1-17-9-11-24(12-10-17)15-19-7-8-20(29-19)23(27)25-13-14-28-21(16-26)22(25)18-5-3-2-4-6-18/h2-8,17,21-22,26H,9-16H2,1H3/t21-,22-/m1/s1. The molecule has 6 nitrogen and oxygen atoms in total. The van der Waals surface area contributed by atoms with E-state index in [1.54, 1.807) is 11.0 Å². The van der Waals surface area contributed by atoms with Crippen LogP contribution in [0.15, 0.2) is 46.9 Å². The molecule has 2 aliphatic heterocycles. The Morgan fingerprint density at radius 3 is 2.59 bits per heavy atom. The van der Waals surface area contributed by atoms with Crippen molar-refractivity contribution >= 4 is 5.91 Å². The second-order valence-corrected chi connectivity index (χ2v) is 8.17. The highest BCUT2D eigenvalue weighted by atomic mass is 16.5. The van der Waals surface area contributed by atoms with Gasteiger partial charge in [0.2, 0.25) is 0 Å². The molecule has 0 aliphatic carbocycles. The number of aliphatic hydroxyl groups is 1. The highest BCUT2D eigenvalue weighted by Crippen LogP contribution is 2.31. The van der Waals surface area contributed by atoms with E-state index in [1.807, 2.05) is 36.4 Å². The summed E-state index contributed by atoms with van der Waals surface area (Å²) in [6.45, 7) is 5.91. The van der Waals surface area contributed by atoms with Gasteiger partial charge in [-0.25, -0.2) is 0 Å². The van der Waals surface area contributed by atoms with Gasteiger partial charge >= 0.3 is 0 Å². The third-order valence-electron chi connectivity index (χ3n) is 6.06. The molecular formula is C23H30N2O4. The zero-order chi connectivity index (χ0) is 20.2. The molecule has 1 amide bonds. The van der Waals surface area contributed by atoms with Crippen LogP contribution >= 0.6 is 0 Å². The van der Waals surface area contributed by atoms with Gasteiger partial charge in [-0.05, 0) is 49.5 Å². The fourth-order valence-electron chi connectivity index (χ4n) is 4.32. The number of ether oxygens (including phenoxy) is 1. The normalized spacial score (nSPS) is 24.0. The van der Waals surface area contributed by atoms with Crippen molar-refractivity contribution in [1.29, 1.82) is 0 Å². The first kappa shape index (κ1) is 20.1. The van der Waals surface area contributed by atoms with E-state index in [9.17, 15) is 9.90 Å². The summed E-state index contributed by atoms with van der Waals surface area (Å²) in [7, 11) is 0. The van der Waals surface area contributed by atoms with E-state index in [1.165, 1.54) is 12.8 Å². The lowest BCUT2D eigenvalue weighted by Gasteiger charge is -2.40. The van der Waals surface area contributed by atoms with Crippen molar-refractivity contribution in [3.05, 3.63) is 59.5 Å². The SMILES string of the molecule is CC1CCN(Cc2ccc(C(=O)N3CCO[C@H](CO)[C@H]3c3ccccc3)o2)CC1. The molecular weight excluding hydrogens is 368 g/mol. The molecule has 156 valence electrons. The first-order valence-electron chi connectivity index (χ1n) is 10.5. The summed E-state index contributed by atoms with van der Waals surface area (Å²) in [6, 6.07) is 13.1. The van der Waals surface area contributed by atoms with Crippen molar-refractivity contribution in [1.82, 2.24) is 9.80 Å². The van der Waals surface area contributed by atoms with Crippen LogP contribution in [-0.2, 0) is 11.3 Å². The topological polar surface area (TPSA) is 66.2 Å². The predicted molar refractivity (Wildman–Crippen MR) is 109 cm³/mol. The maximum absolute atomic E-state index is 13.3. The number of aliphatic hydroxyl groups excluding tert-OH is 1. The number of furan rings is 1. The number of carbonyl (C=O) groups excluding carboxylic acids is 1. The molecule has 2 fully saturated rings. The smallest absolute Gasteiger partial charge is 0.290 e. The third kappa shape index (κ3) is 4.55. The van der Waals surface area contributed by atoms with Crippen LogP contribution in [0.5, 0.6) is 0 Å². The molecule has 0 radical (unpaired) electrons. The number of likely N-dealkylation sites (tertiary alicyclic amines) is 1. The molecule has 2 saturated heterocycles. The molecule has 0 unspecified atom stereocenters. The molecule has 1 aromatic carbocycles. The van der Waals surface area contributed by atoms with Crippen molar-refractivity contribution in [3.63, 3.8) is 0 Å². The van der Waals surface area contributed by atoms with Crippen molar-refractivity contribution in [2.45, 2.75) is 38.5 Å². The quantitative estimate of drug-likeness (QED) is 0.838. The van der Waals surface area contributed by atoms with E-state index < -0.39 is 6.10 Å². The number of benzene rings is 1. The monoisotopic (exact) mass is 398 g/mol. The van der Waals surface area contributed by atoms with E-state index >= 15 is 0 Å². The van der Waals surface area contributed by atoms with Gasteiger partial charge in [0.25, 0.3) is 5.91 Å². The summed E-state index contributed by atoms with van der Waals surface area (Å²) >= 11 is 0. The van der Waals surface area contributed by atoms with Crippen LogP contribution in [0.4, 0.5) is 0 Å². The fraction of sp³-hybridized carbons (Fsp3) is 0.522. The fourth-order valence-corrected chi connectivity index (χ4v) is 4.32. The Kier molecular flexibility index (Phi) is 6.33. The number of rotatable bonds is 5. The van der Waals surface area contributed by atoms with Crippen LogP contribution in [0.1, 0.15) is 47.7 Å². The first-order chi connectivity index (χ1) is 14.2. The molecule has 1 aromatic heterocycles. The zero-order valence-corrected chi connectivity index (χ0v) is 17.0. The highest BCUT2D eigenvalue weighted by molar-refractivity contribution is 5.92. The van der Waals surface area contributed by atoms with Gasteiger partial charge in [-0.3, -0.25) is 9.69 Å². The summed E-state index contributed by atoms with van der Waals surface area (Å²) < 4.78 is 11.7. The summed E-state index contributed by atoms with van der Waals surface area (Å²) in [4.78, 5) is 17.4. The third-order valence-corrected chi connectivity index (χ3v) is 6.06. The number of piperidine rings is 1. The molecule has 0 saturated carbocycles. The molecule has 1 N–H and O–H groups in total. The highest BCUT2D eigenvalue weighted by Gasteiger charge is 2.37. The maximum atomic E-state index is 13.3. The average molecular weight is 399 g/mol. The molecule has 2 aliphatic rings. The molecule has 2 aromatic rings. The number of hydrogen-bond acceptors (Lipinski definition) is 5. The van der Waals surface area contributed by atoms with Gasteiger partial charge in [0.1, 0.15) is 11.9 Å². The molecule has 3 heterocycles. The number of carbonyl (C=O) groups is 1. The number of nitrogens with zero attached hydrogens (tertiary/aromatic N) is 2. The van der Waals surface area contributed by atoms with Gasteiger partial charge in [-0.1, -0.05) is 37.3 Å². The minimum Gasteiger partial charge on any atom is -0.455 e. The molecule has 0 spiro atoms. The molecule has 0 bridgehead atoms. The summed E-state index contributed by atoms with van der Waals surface area (Å²) in [5.41, 5.74) is 0.953. The lowest BCUT2D eigenvalue weighted by atomic mass is 9.98. The van der Waals surface area contributed by atoms with Gasteiger partial charge < -0.3 is 19.2 Å². The first-order valence-corrected chi connectivity index (χ1v) is 10.5. The van der Waals surface area contributed by atoms with Crippen molar-refractivity contribution in [3.8, 4) is 0 Å². The lowest BCUT2D eigenvalue weighted by molar-refractivity contribution is -0.0817. The lowest BCUT2D eigenvalue weighted by Crippen LogP contribution is -2.49. The van der Waals surface area contributed by atoms with Crippen LogP contribution in [0, 0.1) is 5.92 Å². The van der Waals surface area contributed by atoms with Crippen LogP contribution in [0.25, 0.3) is 0 Å². The van der Waals surface area contributed by atoms with Crippen LogP contribution in [0.3, 0.4) is 0 Å². The Morgan fingerprint density at radius 1 is 1.10 bits per heavy atom. The van der Waals surface area contributed by atoms with Gasteiger partial charge in [0.05, 0.1) is 25.8 Å². The molecule has 4 rings (SSSR count). The summed E-state index contributed by atoms with van der Waals surface area (Å²) in [5, 5.41) is 9.81. The van der Waals surface area contributed by atoms with Gasteiger partial charge in [0, 0.05) is 6.54 Å². The van der Waals surface area contributed by atoms with Gasteiger partial charge in [-0.2, -0.15) is 0 Å². The Labute approximate surface area is 172 Å². The Balaban J connectivity index is 1.49. The number of hydrogen-bond donors (Lipinski definition) is 1. The molecule has 2 atom stereocenters. The van der Waals surface area contributed by atoms with E-state index in [0.717, 1.165) is 36.9 Å². The summed E-state index contributed by atoms with van der Waals surface area (Å²) in [5.74, 6) is 1.81. The van der Waals surface area contributed by atoms with Crippen molar-refractivity contribution in [2.75, 3.05) is 32.8 Å². The number of amides is 1. The molecule has 29 heavy (non-hydrogen) atoms. The summed E-state index contributed by atoms with van der Waals surface area (Å²) in [6.07, 6.45) is 1.98. The minimum atomic E-state index is -0.445. The minimum absolute atomic E-state index is 0.139. The second kappa shape index (κ2) is 9.11. The maximum Gasteiger partial charge on any atom is 0.290 e. The zero-order valence-electron chi connectivity index (χ0n) is 17.0. The predicted octanol–water partition coefficient (Wildman–Crippen LogP) is 3.09. The van der Waals surface area contributed by atoms with Crippen LogP contribution < -0.4 is 0 Å². The van der Waals surface area contributed by atoms with Crippen molar-refractivity contribution < 1.29 is 19.1 Å². The van der Waals surface area contributed by atoms with E-state index in [2.05, 4.69) is 11.8 Å². The Hall–Kier alpha value is -2.15. The van der Waals surface area contributed by atoms with E-state index in [4.69, 9.17) is 9.15 Å². The number of morpholine rings is 1.